The van der Waals surface area contributed by atoms with Crippen LogP contribution in [0, 0.1) is 6.92 Å². The molecule has 0 saturated heterocycles. The highest BCUT2D eigenvalue weighted by atomic mass is 32.1. The second-order valence-electron chi connectivity index (χ2n) is 3.97. The van der Waals surface area contributed by atoms with Crippen molar-refractivity contribution in [1.29, 1.82) is 0 Å². The number of hydrogen-bond acceptors (Lipinski definition) is 3. The molecule has 0 saturated carbocycles. The quantitative estimate of drug-likeness (QED) is 0.738. The number of thiophene rings is 1. The number of aryl methyl sites for hydroxylation is 1. The molecule has 2 amide bonds. The third kappa shape index (κ3) is 1.69. The predicted molar refractivity (Wildman–Crippen MR) is 63.1 cm³/mol. The van der Waals surface area contributed by atoms with E-state index >= 15 is 0 Å². The van der Waals surface area contributed by atoms with Crippen molar-refractivity contribution < 1.29 is 9.59 Å². The SMILES string of the molecule is CC1=CC(=O)N(C(C)c2ccc(C)s2)C1=O. The van der Waals surface area contributed by atoms with E-state index in [9.17, 15) is 9.59 Å². The first-order valence-corrected chi connectivity index (χ1v) is 5.94. The van der Waals surface area contributed by atoms with Crippen LogP contribution < -0.4 is 0 Å². The number of nitrogens with zero attached hydrogens (tertiary/aromatic N) is 1. The lowest BCUT2D eigenvalue weighted by atomic mass is 10.2. The molecule has 1 aromatic rings. The normalized spacial score (nSPS) is 17.9. The Bertz CT molecular complexity index is 487. The highest BCUT2D eigenvalue weighted by Crippen LogP contribution is 2.30. The Kier molecular flexibility index (Phi) is 2.68. The van der Waals surface area contributed by atoms with Crippen molar-refractivity contribution in [2.45, 2.75) is 26.8 Å². The monoisotopic (exact) mass is 235 g/mol. The third-order valence-corrected chi connectivity index (χ3v) is 3.86. The summed E-state index contributed by atoms with van der Waals surface area (Å²) in [5.41, 5.74) is 0.519. The lowest BCUT2D eigenvalue weighted by molar-refractivity contribution is -0.139. The Morgan fingerprint density at radius 3 is 2.38 bits per heavy atom. The van der Waals surface area contributed by atoms with Crippen LogP contribution >= 0.6 is 11.3 Å². The van der Waals surface area contributed by atoms with Crippen LogP contribution in [0.3, 0.4) is 0 Å². The molecule has 1 unspecified atom stereocenters. The summed E-state index contributed by atoms with van der Waals surface area (Å²) in [7, 11) is 0. The second-order valence-corrected chi connectivity index (χ2v) is 5.28. The maximum atomic E-state index is 11.8. The van der Waals surface area contributed by atoms with Crippen molar-refractivity contribution >= 4 is 23.2 Å². The van der Waals surface area contributed by atoms with E-state index in [0.29, 0.717) is 5.57 Å². The number of rotatable bonds is 2. The van der Waals surface area contributed by atoms with E-state index in [-0.39, 0.29) is 17.9 Å². The van der Waals surface area contributed by atoms with Crippen molar-refractivity contribution in [3.05, 3.63) is 33.5 Å². The van der Waals surface area contributed by atoms with Gasteiger partial charge in [0.15, 0.2) is 0 Å². The van der Waals surface area contributed by atoms with E-state index in [1.54, 1.807) is 18.3 Å². The average molecular weight is 235 g/mol. The van der Waals surface area contributed by atoms with Gasteiger partial charge in [-0.05, 0) is 32.9 Å². The van der Waals surface area contributed by atoms with Crippen LogP contribution in [0.5, 0.6) is 0 Å². The summed E-state index contributed by atoms with van der Waals surface area (Å²) in [5, 5.41) is 0. The van der Waals surface area contributed by atoms with Crippen LogP contribution in [0.4, 0.5) is 0 Å². The minimum Gasteiger partial charge on any atom is -0.269 e. The van der Waals surface area contributed by atoms with E-state index in [1.165, 1.54) is 15.9 Å². The number of carbonyl (C=O) groups is 2. The maximum absolute atomic E-state index is 11.8. The molecule has 84 valence electrons. The molecule has 2 heterocycles. The Labute approximate surface area is 98.4 Å². The highest BCUT2D eigenvalue weighted by Gasteiger charge is 2.33. The van der Waals surface area contributed by atoms with Crippen molar-refractivity contribution in [3.8, 4) is 0 Å². The number of hydrogen-bond donors (Lipinski definition) is 0. The molecular weight excluding hydrogens is 222 g/mol. The van der Waals surface area contributed by atoms with Crippen molar-refractivity contribution in [2.75, 3.05) is 0 Å². The minimum absolute atomic E-state index is 0.174. The number of imide groups is 1. The second kappa shape index (κ2) is 3.87. The van der Waals surface area contributed by atoms with Gasteiger partial charge in [0.05, 0.1) is 6.04 Å². The van der Waals surface area contributed by atoms with E-state index in [0.717, 1.165) is 4.88 Å². The lowest BCUT2D eigenvalue weighted by Crippen LogP contribution is -2.33. The molecule has 1 aliphatic rings. The van der Waals surface area contributed by atoms with Gasteiger partial charge in [-0.15, -0.1) is 11.3 Å². The third-order valence-electron chi connectivity index (χ3n) is 2.69. The van der Waals surface area contributed by atoms with Gasteiger partial charge in [0.1, 0.15) is 0 Å². The van der Waals surface area contributed by atoms with Gasteiger partial charge >= 0.3 is 0 Å². The average Bonchev–Trinajstić information content (AvgIpc) is 2.73. The lowest BCUT2D eigenvalue weighted by Gasteiger charge is -2.21. The topological polar surface area (TPSA) is 37.4 Å². The van der Waals surface area contributed by atoms with Crippen molar-refractivity contribution in [3.63, 3.8) is 0 Å². The van der Waals surface area contributed by atoms with E-state index in [2.05, 4.69) is 0 Å². The zero-order valence-corrected chi connectivity index (χ0v) is 10.3. The molecule has 2 rings (SSSR count). The Balaban J connectivity index is 2.27. The molecule has 0 radical (unpaired) electrons. The number of carbonyl (C=O) groups excluding carboxylic acids is 2. The molecule has 0 spiro atoms. The van der Waals surface area contributed by atoms with E-state index in [4.69, 9.17) is 0 Å². The fraction of sp³-hybridized carbons (Fsp3) is 0.333. The predicted octanol–water partition coefficient (Wildman–Crippen LogP) is 2.43. The van der Waals surface area contributed by atoms with Gasteiger partial charge in [-0.1, -0.05) is 0 Å². The van der Waals surface area contributed by atoms with Crippen molar-refractivity contribution in [1.82, 2.24) is 4.90 Å². The molecule has 16 heavy (non-hydrogen) atoms. The van der Waals surface area contributed by atoms with Crippen LogP contribution in [0.1, 0.15) is 29.6 Å². The van der Waals surface area contributed by atoms with Crippen LogP contribution in [0.15, 0.2) is 23.8 Å². The van der Waals surface area contributed by atoms with Crippen LogP contribution in [-0.4, -0.2) is 16.7 Å². The van der Waals surface area contributed by atoms with Gasteiger partial charge in [0, 0.05) is 21.4 Å². The van der Waals surface area contributed by atoms with Gasteiger partial charge < -0.3 is 0 Å². The van der Waals surface area contributed by atoms with Crippen molar-refractivity contribution in [2.24, 2.45) is 0 Å². The molecule has 1 aromatic heterocycles. The van der Waals surface area contributed by atoms with Gasteiger partial charge in [-0.25, -0.2) is 0 Å². The smallest absolute Gasteiger partial charge is 0.257 e. The molecule has 0 bridgehead atoms. The van der Waals surface area contributed by atoms with Crippen LogP contribution in [0.2, 0.25) is 0 Å². The van der Waals surface area contributed by atoms with Crippen LogP contribution in [-0.2, 0) is 9.59 Å². The number of amides is 2. The summed E-state index contributed by atoms with van der Waals surface area (Å²) in [5.74, 6) is -0.385. The first-order chi connectivity index (χ1) is 7.50. The van der Waals surface area contributed by atoms with Gasteiger partial charge in [-0.2, -0.15) is 0 Å². The first-order valence-electron chi connectivity index (χ1n) is 5.13. The molecule has 1 aliphatic heterocycles. The Morgan fingerprint density at radius 1 is 1.25 bits per heavy atom. The van der Waals surface area contributed by atoms with E-state index in [1.807, 2.05) is 26.0 Å². The molecule has 0 fully saturated rings. The Morgan fingerprint density at radius 2 is 1.94 bits per heavy atom. The zero-order chi connectivity index (χ0) is 11.9. The maximum Gasteiger partial charge on any atom is 0.257 e. The first kappa shape index (κ1) is 11.1. The molecular formula is C12H13NO2S. The highest BCUT2D eigenvalue weighted by molar-refractivity contribution is 7.12. The summed E-state index contributed by atoms with van der Waals surface area (Å²) < 4.78 is 0. The van der Waals surface area contributed by atoms with Crippen LogP contribution in [0.25, 0.3) is 0 Å². The van der Waals surface area contributed by atoms with Gasteiger partial charge in [0.2, 0.25) is 0 Å². The minimum atomic E-state index is -0.207. The fourth-order valence-corrected chi connectivity index (χ4v) is 2.70. The molecule has 0 aromatic carbocycles. The summed E-state index contributed by atoms with van der Waals surface area (Å²) in [6.45, 7) is 5.57. The molecule has 0 aliphatic carbocycles. The molecule has 3 nitrogen and oxygen atoms in total. The summed E-state index contributed by atoms with van der Waals surface area (Å²) in [4.78, 5) is 27.0. The zero-order valence-electron chi connectivity index (χ0n) is 9.48. The summed E-state index contributed by atoms with van der Waals surface area (Å²) in [6, 6.07) is 3.80. The molecule has 1 atom stereocenters. The van der Waals surface area contributed by atoms with E-state index < -0.39 is 0 Å². The summed E-state index contributed by atoms with van der Waals surface area (Å²) >= 11 is 1.62. The standard InChI is InChI=1S/C12H13NO2S/c1-7-6-11(14)13(12(7)15)9(3)10-5-4-8(2)16-10/h4-6,9H,1-3H3. The molecule has 4 heteroatoms. The van der Waals surface area contributed by atoms with Gasteiger partial charge in [-0.3, -0.25) is 14.5 Å². The molecule has 0 N–H and O–H groups in total. The largest absolute Gasteiger partial charge is 0.269 e. The summed E-state index contributed by atoms with van der Waals surface area (Å²) in [6.07, 6.45) is 1.40. The van der Waals surface area contributed by atoms with Gasteiger partial charge in [0.25, 0.3) is 11.8 Å². The Hall–Kier alpha value is -1.42. The fourth-order valence-electron chi connectivity index (χ4n) is 1.78.